The monoisotopic (exact) mass is 177 g/mol. The van der Waals surface area contributed by atoms with Crippen LogP contribution in [0.15, 0.2) is 0 Å². The number of nitrogens with zero attached hydrogens (tertiary/aromatic N) is 1. The summed E-state index contributed by atoms with van der Waals surface area (Å²) in [6.07, 6.45) is 0.0644. The van der Waals surface area contributed by atoms with E-state index in [4.69, 9.17) is 0 Å². The van der Waals surface area contributed by atoms with Gasteiger partial charge < -0.3 is 4.90 Å². The van der Waals surface area contributed by atoms with Crippen molar-refractivity contribution in [3.8, 4) is 0 Å². The molecule has 1 aliphatic heterocycles. The van der Waals surface area contributed by atoms with Crippen LogP contribution in [0.2, 0.25) is 0 Å². The standard InChI is InChI=1S/C7H9F2NO2/c1-7(8,9)4-10-3-2-5(11)6(10)12/h2-4H2,1H3. The molecule has 5 heteroatoms. The number of carbonyl (C=O) groups is 2. The van der Waals surface area contributed by atoms with Gasteiger partial charge in [0.1, 0.15) is 0 Å². The Morgan fingerprint density at radius 2 is 2.08 bits per heavy atom. The Morgan fingerprint density at radius 1 is 1.50 bits per heavy atom. The molecule has 0 radical (unpaired) electrons. The molecule has 0 aromatic carbocycles. The molecular weight excluding hydrogens is 168 g/mol. The minimum absolute atomic E-state index is 0.0644. The van der Waals surface area contributed by atoms with Crippen LogP contribution in [-0.4, -0.2) is 35.6 Å². The lowest BCUT2D eigenvalue weighted by atomic mass is 10.3. The number of hydrogen-bond donors (Lipinski definition) is 0. The number of likely N-dealkylation sites (tertiary alicyclic amines) is 1. The van der Waals surface area contributed by atoms with Crippen molar-refractivity contribution >= 4 is 11.7 Å². The molecule has 68 valence electrons. The van der Waals surface area contributed by atoms with E-state index < -0.39 is 24.2 Å². The molecule has 0 aromatic heterocycles. The van der Waals surface area contributed by atoms with Crippen molar-refractivity contribution in [3.63, 3.8) is 0 Å². The van der Waals surface area contributed by atoms with Crippen molar-refractivity contribution in [2.75, 3.05) is 13.1 Å². The lowest BCUT2D eigenvalue weighted by Crippen LogP contribution is -2.37. The molecule has 1 aliphatic rings. The predicted molar refractivity (Wildman–Crippen MR) is 36.8 cm³/mol. The Labute approximate surface area is 68.3 Å². The van der Waals surface area contributed by atoms with Gasteiger partial charge in [-0.2, -0.15) is 0 Å². The maximum atomic E-state index is 12.4. The molecule has 1 heterocycles. The second-order valence-electron chi connectivity index (χ2n) is 2.97. The number of halogens is 2. The molecule has 1 amide bonds. The van der Waals surface area contributed by atoms with Crippen LogP contribution in [0.4, 0.5) is 8.78 Å². The number of Topliss-reactive ketones (excluding diaryl/α,β-unsaturated/α-hetero) is 1. The van der Waals surface area contributed by atoms with E-state index in [1.807, 2.05) is 0 Å². The fourth-order valence-corrected chi connectivity index (χ4v) is 1.11. The number of alkyl halides is 2. The first-order valence-corrected chi connectivity index (χ1v) is 3.60. The predicted octanol–water partition coefficient (Wildman–Crippen LogP) is 0.443. The van der Waals surface area contributed by atoms with Gasteiger partial charge in [-0.15, -0.1) is 0 Å². The average molecular weight is 177 g/mol. The van der Waals surface area contributed by atoms with Crippen molar-refractivity contribution in [1.82, 2.24) is 4.90 Å². The molecule has 0 spiro atoms. The fourth-order valence-electron chi connectivity index (χ4n) is 1.11. The topological polar surface area (TPSA) is 37.4 Å². The molecule has 12 heavy (non-hydrogen) atoms. The molecular formula is C7H9F2NO2. The molecule has 3 nitrogen and oxygen atoms in total. The fraction of sp³-hybridized carbons (Fsp3) is 0.714. The second-order valence-corrected chi connectivity index (χ2v) is 2.97. The number of rotatable bonds is 2. The average Bonchev–Trinajstić information content (AvgIpc) is 2.16. The summed E-state index contributed by atoms with van der Waals surface area (Å²) in [6.45, 7) is 0.196. The van der Waals surface area contributed by atoms with Gasteiger partial charge in [-0.3, -0.25) is 9.59 Å². The van der Waals surface area contributed by atoms with Gasteiger partial charge in [-0.25, -0.2) is 8.78 Å². The Kier molecular flexibility index (Phi) is 2.12. The summed E-state index contributed by atoms with van der Waals surface area (Å²) in [4.78, 5) is 22.4. The van der Waals surface area contributed by atoms with E-state index in [9.17, 15) is 18.4 Å². The summed E-state index contributed by atoms with van der Waals surface area (Å²) in [5, 5.41) is 0. The van der Waals surface area contributed by atoms with Crippen LogP contribution in [0.3, 0.4) is 0 Å². The van der Waals surface area contributed by atoms with Crippen molar-refractivity contribution in [1.29, 1.82) is 0 Å². The van der Waals surface area contributed by atoms with Crippen LogP contribution in [0.5, 0.6) is 0 Å². The first-order valence-electron chi connectivity index (χ1n) is 3.60. The van der Waals surface area contributed by atoms with Gasteiger partial charge in [-0.05, 0) is 0 Å². The zero-order chi connectivity index (χ0) is 9.35. The molecule has 0 aromatic rings. The largest absolute Gasteiger partial charge is 0.330 e. The minimum Gasteiger partial charge on any atom is -0.330 e. The Hall–Kier alpha value is -1.00. The van der Waals surface area contributed by atoms with Crippen LogP contribution in [-0.2, 0) is 9.59 Å². The summed E-state index contributed by atoms with van der Waals surface area (Å²) in [7, 11) is 0. The van der Waals surface area contributed by atoms with Crippen LogP contribution in [0.1, 0.15) is 13.3 Å². The third kappa shape index (κ3) is 1.99. The van der Waals surface area contributed by atoms with Crippen molar-refractivity contribution < 1.29 is 18.4 Å². The first kappa shape index (κ1) is 9.09. The van der Waals surface area contributed by atoms with E-state index in [1.54, 1.807) is 0 Å². The summed E-state index contributed by atoms with van der Waals surface area (Å²) < 4.78 is 24.7. The maximum absolute atomic E-state index is 12.4. The number of amides is 1. The van der Waals surface area contributed by atoms with Gasteiger partial charge >= 0.3 is 0 Å². The number of carbonyl (C=O) groups excluding carboxylic acids is 2. The summed E-state index contributed by atoms with van der Waals surface area (Å²) in [6, 6.07) is 0. The highest BCUT2D eigenvalue weighted by Gasteiger charge is 2.35. The van der Waals surface area contributed by atoms with Gasteiger partial charge in [0.25, 0.3) is 11.8 Å². The summed E-state index contributed by atoms with van der Waals surface area (Å²) in [5.41, 5.74) is 0. The third-order valence-corrected chi connectivity index (χ3v) is 1.60. The van der Waals surface area contributed by atoms with Gasteiger partial charge in [0.15, 0.2) is 0 Å². The van der Waals surface area contributed by atoms with E-state index in [-0.39, 0.29) is 13.0 Å². The van der Waals surface area contributed by atoms with Crippen LogP contribution in [0.25, 0.3) is 0 Å². The second kappa shape index (κ2) is 2.80. The molecule has 0 bridgehead atoms. The Morgan fingerprint density at radius 3 is 2.42 bits per heavy atom. The highest BCUT2D eigenvalue weighted by molar-refractivity contribution is 6.37. The number of ketones is 1. The molecule has 0 saturated carbocycles. The highest BCUT2D eigenvalue weighted by atomic mass is 19.3. The number of hydrogen-bond acceptors (Lipinski definition) is 2. The smallest absolute Gasteiger partial charge is 0.290 e. The molecule has 0 atom stereocenters. The minimum atomic E-state index is -2.92. The molecule has 0 N–H and O–H groups in total. The third-order valence-electron chi connectivity index (χ3n) is 1.60. The van der Waals surface area contributed by atoms with Crippen LogP contribution < -0.4 is 0 Å². The van der Waals surface area contributed by atoms with E-state index in [1.165, 1.54) is 0 Å². The zero-order valence-corrected chi connectivity index (χ0v) is 6.64. The van der Waals surface area contributed by atoms with Gasteiger partial charge in [-0.1, -0.05) is 0 Å². The van der Waals surface area contributed by atoms with E-state index in [2.05, 4.69) is 0 Å². The van der Waals surface area contributed by atoms with Crippen LogP contribution >= 0.6 is 0 Å². The lowest BCUT2D eigenvalue weighted by Gasteiger charge is -2.18. The Bertz CT molecular complexity index is 222. The lowest BCUT2D eigenvalue weighted by molar-refractivity contribution is -0.142. The first-order chi connectivity index (χ1) is 5.40. The maximum Gasteiger partial charge on any atom is 0.290 e. The molecule has 1 saturated heterocycles. The van der Waals surface area contributed by atoms with Crippen molar-refractivity contribution in [2.45, 2.75) is 19.3 Å². The van der Waals surface area contributed by atoms with Gasteiger partial charge in [0.05, 0.1) is 6.54 Å². The molecule has 0 aliphatic carbocycles. The summed E-state index contributed by atoms with van der Waals surface area (Å²) in [5.74, 6) is -4.27. The molecule has 0 unspecified atom stereocenters. The molecule has 1 fully saturated rings. The quantitative estimate of drug-likeness (QED) is 0.574. The van der Waals surface area contributed by atoms with E-state index in [0.29, 0.717) is 0 Å². The van der Waals surface area contributed by atoms with E-state index in [0.717, 1.165) is 11.8 Å². The van der Waals surface area contributed by atoms with Crippen LogP contribution in [0, 0.1) is 0 Å². The van der Waals surface area contributed by atoms with E-state index >= 15 is 0 Å². The Balaban J connectivity index is 2.56. The molecule has 1 rings (SSSR count). The summed E-state index contributed by atoms with van der Waals surface area (Å²) >= 11 is 0. The van der Waals surface area contributed by atoms with Gasteiger partial charge in [0, 0.05) is 19.9 Å². The SMILES string of the molecule is CC(F)(F)CN1CCC(=O)C1=O. The highest BCUT2D eigenvalue weighted by Crippen LogP contribution is 2.16. The van der Waals surface area contributed by atoms with Crippen molar-refractivity contribution in [3.05, 3.63) is 0 Å². The van der Waals surface area contributed by atoms with Gasteiger partial charge in [0.2, 0.25) is 5.78 Å². The van der Waals surface area contributed by atoms with Crippen molar-refractivity contribution in [2.24, 2.45) is 0 Å². The zero-order valence-electron chi connectivity index (χ0n) is 6.64. The normalized spacial score (nSPS) is 19.1.